The molecule has 0 radical (unpaired) electrons. The summed E-state index contributed by atoms with van der Waals surface area (Å²) >= 11 is 0. The van der Waals surface area contributed by atoms with Gasteiger partial charge in [-0.1, -0.05) is 25.3 Å². The molecule has 1 heterocycles. The van der Waals surface area contributed by atoms with E-state index in [2.05, 4.69) is 17.0 Å². The first kappa shape index (κ1) is 15.9. The molecule has 0 spiro atoms. The van der Waals surface area contributed by atoms with E-state index in [0.717, 1.165) is 17.9 Å². The number of hydrogen-bond donors (Lipinski definition) is 1. The molecule has 3 aliphatic carbocycles. The van der Waals surface area contributed by atoms with Gasteiger partial charge in [0, 0.05) is 23.6 Å². The number of piperidine rings is 1. The molecule has 134 valence electrons. The van der Waals surface area contributed by atoms with E-state index in [4.69, 9.17) is 5.73 Å². The number of carbonyl (C=O) groups is 1. The van der Waals surface area contributed by atoms with Crippen molar-refractivity contribution < 1.29 is 4.79 Å². The number of hydrogen-bond acceptors (Lipinski definition) is 2. The van der Waals surface area contributed by atoms with E-state index in [9.17, 15) is 4.79 Å². The predicted octanol–water partition coefficient (Wildman–Crippen LogP) is 3.64. The van der Waals surface area contributed by atoms with Crippen molar-refractivity contribution in [3.05, 3.63) is 34.9 Å². The molecule has 2 saturated carbocycles. The summed E-state index contributed by atoms with van der Waals surface area (Å²) in [4.78, 5) is 14.6. The molecule has 1 aromatic rings. The zero-order valence-electron chi connectivity index (χ0n) is 15.2. The standard InChI is InChI=1S/C22H30N2O/c23-21(25)17-8-7-16-13-20-18-6-1-2-9-22(18,19(16)12-17)10-11-24(20)14-15-4-3-5-15/h7-8,12,15,18,20H,1-6,9-11,13-14H2,(H2,23,25)/t18-,20-,22-/m0/s1. The van der Waals surface area contributed by atoms with E-state index < -0.39 is 0 Å². The Morgan fingerprint density at radius 1 is 1.16 bits per heavy atom. The Hall–Kier alpha value is -1.35. The molecule has 3 atom stereocenters. The molecule has 3 nitrogen and oxygen atoms in total. The van der Waals surface area contributed by atoms with Crippen molar-refractivity contribution >= 4 is 5.91 Å². The number of nitrogens with two attached hydrogens (primary N) is 1. The van der Waals surface area contributed by atoms with Gasteiger partial charge in [0.05, 0.1) is 0 Å². The molecule has 1 amide bonds. The van der Waals surface area contributed by atoms with Crippen molar-refractivity contribution in [1.82, 2.24) is 4.90 Å². The Balaban J connectivity index is 1.54. The van der Waals surface area contributed by atoms with Crippen LogP contribution in [-0.4, -0.2) is 29.9 Å². The predicted molar refractivity (Wildman–Crippen MR) is 99.6 cm³/mol. The fourth-order valence-corrected chi connectivity index (χ4v) is 6.47. The van der Waals surface area contributed by atoms with E-state index >= 15 is 0 Å². The molecule has 1 saturated heterocycles. The highest BCUT2D eigenvalue weighted by Gasteiger charge is 2.53. The molecular weight excluding hydrogens is 308 g/mol. The van der Waals surface area contributed by atoms with Gasteiger partial charge in [-0.3, -0.25) is 9.69 Å². The fraction of sp³-hybridized carbons (Fsp3) is 0.682. The second-order valence-corrected chi connectivity index (χ2v) is 9.06. The smallest absolute Gasteiger partial charge is 0.248 e. The Morgan fingerprint density at radius 2 is 2.04 bits per heavy atom. The van der Waals surface area contributed by atoms with Crippen LogP contribution in [0.1, 0.15) is 72.9 Å². The summed E-state index contributed by atoms with van der Waals surface area (Å²) in [5.41, 5.74) is 9.58. The summed E-state index contributed by atoms with van der Waals surface area (Å²) in [5.74, 6) is 1.46. The van der Waals surface area contributed by atoms with E-state index in [-0.39, 0.29) is 5.91 Å². The molecule has 3 fully saturated rings. The zero-order chi connectivity index (χ0) is 17.0. The maximum atomic E-state index is 11.7. The topological polar surface area (TPSA) is 46.3 Å². The molecule has 3 heteroatoms. The lowest BCUT2D eigenvalue weighted by Gasteiger charge is -2.59. The minimum absolute atomic E-state index is 0.281. The van der Waals surface area contributed by atoms with Crippen LogP contribution in [0.4, 0.5) is 0 Å². The first-order valence-corrected chi connectivity index (χ1v) is 10.3. The number of amides is 1. The second kappa shape index (κ2) is 5.84. The van der Waals surface area contributed by atoms with Gasteiger partial charge in [-0.2, -0.15) is 0 Å². The van der Waals surface area contributed by atoms with Crippen LogP contribution in [0, 0.1) is 11.8 Å². The molecule has 0 aromatic heterocycles. The van der Waals surface area contributed by atoms with Gasteiger partial charge in [0.2, 0.25) is 5.91 Å². The minimum atomic E-state index is -0.281. The lowest BCUT2D eigenvalue weighted by atomic mass is 9.52. The van der Waals surface area contributed by atoms with Crippen molar-refractivity contribution in [3.8, 4) is 0 Å². The molecule has 4 aliphatic rings. The third-order valence-electron chi connectivity index (χ3n) is 7.95. The molecule has 25 heavy (non-hydrogen) atoms. The van der Waals surface area contributed by atoms with Crippen LogP contribution < -0.4 is 5.73 Å². The van der Waals surface area contributed by atoms with E-state index in [1.807, 2.05) is 6.07 Å². The third kappa shape index (κ3) is 2.38. The summed E-state index contributed by atoms with van der Waals surface area (Å²) < 4.78 is 0. The average Bonchev–Trinajstić information content (AvgIpc) is 2.59. The van der Waals surface area contributed by atoms with Crippen LogP contribution in [0.5, 0.6) is 0 Å². The maximum absolute atomic E-state index is 11.7. The van der Waals surface area contributed by atoms with Crippen LogP contribution in [0.15, 0.2) is 18.2 Å². The monoisotopic (exact) mass is 338 g/mol. The maximum Gasteiger partial charge on any atom is 0.248 e. The lowest BCUT2D eigenvalue weighted by molar-refractivity contribution is -0.0240. The Labute approximate surface area is 151 Å². The van der Waals surface area contributed by atoms with Gasteiger partial charge >= 0.3 is 0 Å². The Kier molecular flexibility index (Phi) is 3.70. The molecule has 2 bridgehead atoms. The summed E-state index contributed by atoms with van der Waals surface area (Å²) in [6, 6.07) is 7.05. The van der Waals surface area contributed by atoms with E-state index in [1.165, 1.54) is 82.0 Å². The normalized spacial score (nSPS) is 34.7. The van der Waals surface area contributed by atoms with Gasteiger partial charge in [-0.25, -0.2) is 0 Å². The largest absolute Gasteiger partial charge is 0.366 e. The van der Waals surface area contributed by atoms with Crippen LogP contribution >= 0.6 is 0 Å². The Bertz CT molecular complexity index is 695. The molecule has 1 aromatic carbocycles. The van der Waals surface area contributed by atoms with Crippen molar-refractivity contribution in [1.29, 1.82) is 0 Å². The van der Waals surface area contributed by atoms with Gasteiger partial charge in [0.1, 0.15) is 0 Å². The quantitative estimate of drug-likeness (QED) is 0.914. The Morgan fingerprint density at radius 3 is 2.80 bits per heavy atom. The number of benzene rings is 1. The molecule has 2 N–H and O–H groups in total. The number of nitrogens with zero attached hydrogens (tertiary/aromatic N) is 1. The summed E-state index contributed by atoms with van der Waals surface area (Å²) in [6.07, 6.45) is 12.2. The van der Waals surface area contributed by atoms with Gasteiger partial charge in [-0.05, 0) is 80.2 Å². The highest BCUT2D eigenvalue weighted by Crippen LogP contribution is 2.56. The third-order valence-corrected chi connectivity index (χ3v) is 7.95. The van der Waals surface area contributed by atoms with Crippen molar-refractivity contribution in [2.45, 2.75) is 69.2 Å². The lowest BCUT2D eigenvalue weighted by Crippen LogP contribution is -2.61. The zero-order valence-corrected chi connectivity index (χ0v) is 15.2. The minimum Gasteiger partial charge on any atom is -0.366 e. The van der Waals surface area contributed by atoms with Crippen LogP contribution in [0.3, 0.4) is 0 Å². The van der Waals surface area contributed by atoms with Crippen molar-refractivity contribution in [2.24, 2.45) is 17.6 Å². The SMILES string of the molecule is NC(=O)c1ccc2c(c1)[C@]13CCCC[C@H]1[C@H](C2)N(CC1CCC1)CC3. The highest BCUT2D eigenvalue weighted by molar-refractivity contribution is 5.93. The number of likely N-dealkylation sites (tertiary alicyclic amines) is 1. The molecule has 5 rings (SSSR count). The second-order valence-electron chi connectivity index (χ2n) is 9.06. The first-order valence-electron chi connectivity index (χ1n) is 10.3. The summed E-state index contributed by atoms with van der Waals surface area (Å²) in [5, 5.41) is 0. The summed E-state index contributed by atoms with van der Waals surface area (Å²) in [7, 11) is 0. The molecular formula is C22H30N2O. The van der Waals surface area contributed by atoms with Gasteiger partial charge in [-0.15, -0.1) is 0 Å². The first-order chi connectivity index (χ1) is 12.2. The number of fused-ring (bicyclic) bond motifs is 1. The van der Waals surface area contributed by atoms with E-state index in [0.29, 0.717) is 11.0 Å². The number of primary amides is 1. The fourth-order valence-electron chi connectivity index (χ4n) is 6.47. The summed E-state index contributed by atoms with van der Waals surface area (Å²) in [6.45, 7) is 2.57. The van der Waals surface area contributed by atoms with E-state index in [1.54, 1.807) is 0 Å². The van der Waals surface area contributed by atoms with Gasteiger partial charge < -0.3 is 5.73 Å². The van der Waals surface area contributed by atoms with Crippen LogP contribution in [-0.2, 0) is 11.8 Å². The highest BCUT2D eigenvalue weighted by atomic mass is 16.1. The number of rotatable bonds is 3. The van der Waals surface area contributed by atoms with Crippen molar-refractivity contribution in [2.75, 3.05) is 13.1 Å². The van der Waals surface area contributed by atoms with Crippen molar-refractivity contribution in [3.63, 3.8) is 0 Å². The number of carbonyl (C=O) groups excluding carboxylic acids is 1. The molecule has 1 aliphatic heterocycles. The van der Waals surface area contributed by atoms with Gasteiger partial charge in [0.15, 0.2) is 0 Å². The van der Waals surface area contributed by atoms with Crippen LogP contribution in [0.2, 0.25) is 0 Å². The van der Waals surface area contributed by atoms with Crippen LogP contribution in [0.25, 0.3) is 0 Å². The molecule has 0 unspecified atom stereocenters. The average molecular weight is 338 g/mol. The van der Waals surface area contributed by atoms with Gasteiger partial charge in [0.25, 0.3) is 0 Å².